The number of nitrogens with one attached hydrogen (secondary N) is 1. The molecule has 6 heteroatoms. The normalized spacial score (nSPS) is 10.2. The number of benzene rings is 2. The van der Waals surface area contributed by atoms with Crippen LogP contribution in [0.15, 0.2) is 33.2 Å². The van der Waals surface area contributed by atoms with Gasteiger partial charge < -0.3 is 5.32 Å². The van der Waals surface area contributed by atoms with E-state index >= 15 is 0 Å². The lowest BCUT2D eigenvalue weighted by Crippen LogP contribution is -1.99. The van der Waals surface area contributed by atoms with Crippen molar-refractivity contribution in [1.29, 1.82) is 5.26 Å². The van der Waals surface area contributed by atoms with E-state index in [-0.39, 0.29) is 15.7 Å². The van der Waals surface area contributed by atoms with E-state index in [2.05, 4.69) is 37.2 Å². The fourth-order valence-electron chi connectivity index (χ4n) is 1.66. The molecule has 102 valence electrons. The monoisotopic (exact) mass is 400 g/mol. The minimum Gasteiger partial charge on any atom is -0.353 e. The van der Waals surface area contributed by atoms with E-state index in [9.17, 15) is 8.78 Å². The zero-order valence-corrected chi connectivity index (χ0v) is 13.4. The van der Waals surface area contributed by atoms with Gasteiger partial charge in [-0.15, -0.1) is 0 Å². The number of rotatable bonds is 2. The number of halogens is 4. The van der Waals surface area contributed by atoms with Crippen LogP contribution >= 0.6 is 31.9 Å². The van der Waals surface area contributed by atoms with E-state index in [4.69, 9.17) is 5.26 Å². The van der Waals surface area contributed by atoms with Crippen LogP contribution in [0.4, 0.5) is 20.2 Å². The third-order valence-corrected chi connectivity index (χ3v) is 4.12. The molecule has 0 radical (unpaired) electrons. The molecule has 0 fully saturated rings. The van der Waals surface area contributed by atoms with Gasteiger partial charge in [0.2, 0.25) is 0 Å². The van der Waals surface area contributed by atoms with E-state index < -0.39 is 11.6 Å². The Morgan fingerprint density at radius 3 is 2.50 bits per heavy atom. The highest BCUT2D eigenvalue weighted by molar-refractivity contribution is 9.10. The van der Waals surface area contributed by atoms with Crippen LogP contribution in [-0.2, 0) is 0 Å². The second kappa shape index (κ2) is 5.90. The first-order chi connectivity index (χ1) is 9.43. The Morgan fingerprint density at radius 2 is 1.85 bits per heavy atom. The van der Waals surface area contributed by atoms with Gasteiger partial charge in [-0.2, -0.15) is 5.26 Å². The van der Waals surface area contributed by atoms with Gasteiger partial charge in [0, 0.05) is 5.69 Å². The van der Waals surface area contributed by atoms with Crippen molar-refractivity contribution in [3.05, 3.63) is 56.0 Å². The van der Waals surface area contributed by atoms with Crippen LogP contribution in [-0.4, -0.2) is 0 Å². The van der Waals surface area contributed by atoms with Crippen molar-refractivity contribution < 1.29 is 8.78 Å². The lowest BCUT2D eigenvalue weighted by molar-refractivity contribution is 0.619. The Labute approximate surface area is 131 Å². The minimum atomic E-state index is -0.591. The van der Waals surface area contributed by atoms with E-state index in [1.54, 1.807) is 13.0 Å². The molecule has 2 nitrogen and oxygen atoms in total. The highest BCUT2D eigenvalue weighted by atomic mass is 79.9. The van der Waals surface area contributed by atoms with Gasteiger partial charge in [0.05, 0.1) is 20.2 Å². The van der Waals surface area contributed by atoms with Gasteiger partial charge in [-0.1, -0.05) is 0 Å². The molecule has 0 bridgehead atoms. The summed E-state index contributed by atoms with van der Waals surface area (Å²) in [6.07, 6.45) is 0. The van der Waals surface area contributed by atoms with Gasteiger partial charge >= 0.3 is 0 Å². The van der Waals surface area contributed by atoms with Crippen molar-refractivity contribution in [2.24, 2.45) is 0 Å². The first kappa shape index (κ1) is 14.9. The standard InChI is InChI=1S/C14H8Br2F2N2/c1-7-4-9(15)10(17)5-12(7)20-11-3-2-8(6-19)13(16)14(11)18/h2-5,20H,1H3. The number of nitrogens with zero attached hydrogens (tertiary/aromatic N) is 1. The number of hydrogen-bond donors (Lipinski definition) is 1. The topological polar surface area (TPSA) is 35.8 Å². The molecule has 0 saturated carbocycles. The van der Waals surface area contributed by atoms with Crippen LogP contribution in [0.25, 0.3) is 0 Å². The number of anilines is 2. The molecule has 2 rings (SSSR count). The van der Waals surface area contributed by atoms with E-state index in [0.717, 1.165) is 5.56 Å². The van der Waals surface area contributed by atoms with Crippen molar-refractivity contribution in [2.45, 2.75) is 6.92 Å². The summed E-state index contributed by atoms with van der Waals surface area (Å²) in [7, 11) is 0. The maximum absolute atomic E-state index is 14.1. The average molecular weight is 402 g/mol. The van der Waals surface area contributed by atoms with Crippen molar-refractivity contribution >= 4 is 43.2 Å². The Bertz CT molecular complexity index is 724. The summed E-state index contributed by atoms with van der Waals surface area (Å²) in [5.41, 5.74) is 1.59. The lowest BCUT2D eigenvalue weighted by atomic mass is 10.1. The van der Waals surface area contributed by atoms with E-state index in [1.807, 2.05) is 6.07 Å². The smallest absolute Gasteiger partial charge is 0.162 e. The van der Waals surface area contributed by atoms with Crippen LogP contribution in [0, 0.1) is 29.9 Å². The average Bonchev–Trinajstić information content (AvgIpc) is 2.41. The van der Waals surface area contributed by atoms with Crippen LogP contribution in [0.1, 0.15) is 11.1 Å². The summed E-state index contributed by atoms with van der Waals surface area (Å²) in [6, 6.07) is 7.69. The van der Waals surface area contributed by atoms with Crippen molar-refractivity contribution in [3.8, 4) is 6.07 Å². The van der Waals surface area contributed by atoms with E-state index in [0.29, 0.717) is 10.2 Å². The zero-order valence-electron chi connectivity index (χ0n) is 10.3. The Hall–Kier alpha value is -1.45. The molecule has 0 saturated heterocycles. The minimum absolute atomic E-state index is 0.0836. The molecule has 0 heterocycles. The van der Waals surface area contributed by atoms with Gasteiger partial charge in [-0.25, -0.2) is 8.78 Å². The SMILES string of the molecule is Cc1cc(Br)c(F)cc1Nc1ccc(C#N)c(Br)c1F. The number of aryl methyl sites for hydroxylation is 1. The molecular weight excluding hydrogens is 394 g/mol. The third-order valence-electron chi connectivity index (χ3n) is 2.74. The molecule has 1 N–H and O–H groups in total. The fourth-order valence-corrected chi connectivity index (χ4v) is 2.55. The summed E-state index contributed by atoms with van der Waals surface area (Å²) in [6.45, 7) is 1.78. The molecule has 0 atom stereocenters. The van der Waals surface area contributed by atoms with Gasteiger partial charge in [-0.3, -0.25) is 0 Å². The van der Waals surface area contributed by atoms with Gasteiger partial charge in [-0.05, 0) is 68.6 Å². The molecule has 0 unspecified atom stereocenters. The predicted molar refractivity (Wildman–Crippen MR) is 80.9 cm³/mol. The molecule has 0 aromatic heterocycles. The van der Waals surface area contributed by atoms with Crippen LogP contribution in [0.3, 0.4) is 0 Å². The summed E-state index contributed by atoms with van der Waals surface area (Å²) in [4.78, 5) is 0. The molecule has 0 aliphatic carbocycles. The molecule has 0 spiro atoms. The second-order valence-electron chi connectivity index (χ2n) is 4.11. The van der Waals surface area contributed by atoms with Crippen molar-refractivity contribution in [2.75, 3.05) is 5.32 Å². The van der Waals surface area contributed by atoms with Crippen molar-refractivity contribution in [1.82, 2.24) is 0 Å². The summed E-state index contributed by atoms with van der Waals surface area (Å²) in [5.74, 6) is -1.03. The third kappa shape index (κ3) is 2.84. The predicted octanol–water partition coefficient (Wildman–Crippen LogP) is 5.41. The second-order valence-corrected chi connectivity index (χ2v) is 5.75. The quantitative estimate of drug-likeness (QED) is 0.729. The summed E-state index contributed by atoms with van der Waals surface area (Å²) < 4.78 is 28.0. The Balaban J connectivity index is 2.44. The first-order valence-corrected chi connectivity index (χ1v) is 7.13. The molecule has 2 aromatic rings. The Kier molecular flexibility index (Phi) is 4.41. The fraction of sp³-hybridized carbons (Fsp3) is 0.0714. The summed E-state index contributed by atoms with van der Waals surface area (Å²) >= 11 is 6.12. The van der Waals surface area contributed by atoms with Crippen LogP contribution in [0.2, 0.25) is 0 Å². The zero-order chi connectivity index (χ0) is 14.9. The van der Waals surface area contributed by atoms with Gasteiger partial charge in [0.25, 0.3) is 0 Å². The maximum Gasteiger partial charge on any atom is 0.162 e. The largest absolute Gasteiger partial charge is 0.353 e. The van der Waals surface area contributed by atoms with Crippen LogP contribution in [0.5, 0.6) is 0 Å². The highest BCUT2D eigenvalue weighted by Crippen LogP contribution is 2.31. The van der Waals surface area contributed by atoms with Crippen molar-refractivity contribution in [3.63, 3.8) is 0 Å². The Morgan fingerprint density at radius 1 is 1.15 bits per heavy atom. The molecule has 20 heavy (non-hydrogen) atoms. The first-order valence-electron chi connectivity index (χ1n) is 5.54. The molecule has 0 aliphatic rings. The van der Waals surface area contributed by atoms with Gasteiger partial charge in [0.1, 0.15) is 11.9 Å². The van der Waals surface area contributed by atoms with E-state index in [1.165, 1.54) is 18.2 Å². The molecule has 2 aromatic carbocycles. The molecule has 0 aliphatic heterocycles. The maximum atomic E-state index is 14.1. The van der Waals surface area contributed by atoms with Gasteiger partial charge in [0.15, 0.2) is 5.82 Å². The number of nitriles is 1. The lowest BCUT2D eigenvalue weighted by Gasteiger charge is -2.12. The number of hydrogen-bond acceptors (Lipinski definition) is 2. The molecule has 0 amide bonds. The highest BCUT2D eigenvalue weighted by Gasteiger charge is 2.13. The summed E-state index contributed by atoms with van der Waals surface area (Å²) in [5, 5.41) is 11.6. The molecular formula is C14H8Br2F2N2. The van der Waals surface area contributed by atoms with Crippen LogP contribution < -0.4 is 5.32 Å².